The fraction of sp³-hybridized carbons (Fsp3) is 0.318. The third kappa shape index (κ3) is 3.25. The van der Waals surface area contributed by atoms with E-state index in [1.807, 2.05) is 18.2 Å². The molecule has 2 aliphatic carbocycles. The third-order valence-corrected chi connectivity index (χ3v) is 5.09. The highest BCUT2D eigenvalue weighted by molar-refractivity contribution is 6.32. The molecular formula is C22H22O5. The Labute approximate surface area is 158 Å². The Bertz CT molecular complexity index is 886. The van der Waals surface area contributed by atoms with Gasteiger partial charge in [-0.25, -0.2) is 4.79 Å². The average Bonchev–Trinajstić information content (AvgIpc) is 2.67. The van der Waals surface area contributed by atoms with Crippen molar-refractivity contribution in [2.24, 2.45) is 5.41 Å². The Morgan fingerprint density at radius 1 is 1.19 bits per heavy atom. The normalized spacial score (nSPS) is 21.7. The first-order chi connectivity index (χ1) is 12.9. The van der Waals surface area contributed by atoms with Gasteiger partial charge in [0.2, 0.25) is 0 Å². The van der Waals surface area contributed by atoms with Crippen molar-refractivity contribution in [3.8, 4) is 5.75 Å². The predicted molar refractivity (Wildman–Crippen MR) is 100 cm³/mol. The van der Waals surface area contributed by atoms with Crippen molar-refractivity contribution < 1.29 is 23.9 Å². The number of hydrogen-bond donors (Lipinski definition) is 0. The summed E-state index contributed by atoms with van der Waals surface area (Å²) in [6.45, 7) is 3.53. The largest absolute Gasteiger partial charge is 0.497 e. The summed E-state index contributed by atoms with van der Waals surface area (Å²) < 4.78 is 10.3. The molecule has 1 atom stereocenters. The van der Waals surface area contributed by atoms with Crippen LogP contribution in [0.15, 0.2) is 59.2 Å². The summed E-state index contributed by atoms with van der Waals surface area (Å²) in [6.07, 6.45) is 5.87. The molecule has 0 N–H and O–H groups in total. The molecule has 27 heavy (non-hydrogen) atoms. The van der Waals surface area contributed by atoms with Crippen molar-refractivity contribution in [3.63, 3.8) is 0 Å². The van der Waals surface area contributed by atoms with Crippen LogP contribution in [0.4, 0.5) is 0 Å². The fourth-order valence-corrected chi connectivity index (χ4v) is 3.53. The second-order valence-electron chi connectivity index (χ2n) is 6.80. The van der Waals surface area contributed by atoms with E-state index in [2.05, 4.69) is 0 Å². The first kappa shape index (κ1) is 18.8. The van der Waals surface area contributed by atoms with E-state index in [0.29, 0.717) is 17.7 Å². The topological polar surface area (TPSA) is 69.7 Å². The molecule has 5 heteroatoms. The van der Waals surface area contributed by atoms with E-state index in [0.717, 1.165) is 5.56 Å². The molecule has 1 unspecified atom stereocenters. The molecule has 0 fully saturated rings. The Morgan fingerprint density at radius 2 is 1.89 bits per heavy atom. The quantitative estimate of drug-likeness (QED) is 0.591. The number of ether oxygens (including phenoxy) is 2. The molecule has 0 heterocycles. The van der Waals surface area contributed by atoms with Crippen LogP contribution in [-0.4, -0.2) is 31.3 Å². The molecule has 1 aromatic rings. The minimum Gasteiger partial charge on any atom is -0.497 e. The van der Waals surface area contributed by atoms with Crippen LogP contribution in [0.5, 0.6) is 5.75 Å². The molecule has 0 aliphatic heterocycles. The maximum atomic E-state index is 13.2. The molecule has 0 radical (unpaired) electrons. The van der Waals surface area contributed by atoms with Gasteiger partial charge in [-0.2, -0.15) is 0 Å². The molecule has 140 valence electrons. The monoisotopic (exact) mass is 366 g/mol. The summed E-state index contributed by atoms with van der Waals surface area (Å²) in [5, 5.41) is 0. The fourth-order valence-electron chi connectivity index (χ4n) is 3.53. The number of ketones is 2. The summed E-state index contributed by atoms with van der Waals surface area (Å²) >= 11 is 0. The number of fused-ring (bicyclic) bond motifs is 1. The second-order valence-corrected chi connectivity index (χ2v) is 6.80. The van der Waals surface area contributed by atoms with Crippen molar-refractivity contribution in [1.82, 2.24) is 0 Å². The van der Waals surface area contributed by atoms with Crippen molar-refractivity contribution in [3.05, 3.63) is 64.8 Å². The summed E-state index contributed by atoms with van der Waals surface area (Å²) in [5.41, 5.74) is 0.309. The van der Waals surface area contributed by atoms with Crippen LogP contribution < -0.4 is 4.74 Å². The number of hydrogen-bond acceptors (Lipinski definition) is 5. The molecule has 0 spiro atoms. The number of allylic oxidation sites excluding steroid dienone is 5. The van der Waals surface area contributed by atoms with E-state index in [1.54, 1.807) is 45.2 Å². The van der Waals surface area contributed by atoms with Crippen LogP contribution in [0, 0.1) is 5.41 Å². The summed E-state index contributed by atoms with van der Waals surface area (Å²) in [7, 11) is 1.57. The average molecular weight is 366 g/mol. The SMILES string of the molecule is CCOC(=O)C1=C(Cc2ccc(OC)cc2)C(=O)C2=CC=CCC2(C)C1=O. The lowest BCUT2D eigenvalue weighted by Gasteiger charge is -2.36. The van der Waals surface area contributed by atoms with E-state index in [1.165, 1.54) is 0 Å². The van der Waals surface area contributed by atoms with Gasteiger partial charge >= 0.3 is 5.97 Å². The minimum absolute atomic E-state index is 0.118. The smallest absolute Gasteiger partial charge is 0.342 e. The van der Waals surface area contributed by atoms with Gasteiger partial charge in [0.15, 0.2) is 11.6 Å². The van der Waals surface area contributed by atoms with Crippen molar-refractivity contribution in [2.75, 3.05) is 13.7 Å². The molecule has 0 amide bonds. The lowest BCUT2D eigenvalue weighted by atomic mass is 9.64. The number of carbonyl (C=O) groups excluding carboxylic acids is 3. The van der Waals surface area contributed by atoms with Crippen molar-refractivity contribution >= 4 is 17.5 Å². The molecule has 1 aromatic carbocycles. The molecule has 0 saturated carbocycles. The third-order valence-electron chi connectivity index (χ3n) is 5.09. The second kappa shape index (κ2) is 7.35. The summed E-state index contributed by atoms with van der Waals surface area (Å²) in [6, 6.07) is 7.19. The van der Waals surface area contributed by atoms with Crippen LogP contribution in [0.1, 0.15) is 25.8 Å². The van der Waals surface area contributed by atoms with E-state index in [9.17, 15) is 14.4 Å². The number of benzene rings is 1. The minimum atomic E-state index is -1.02. The van der Waals surface area contributed by atoms with Crippen LogP contribution in [0.2, 0.25) is 0 Å². The molecule has 0 aromatic heterocycles. The van der Waals surface area contributed by atoms with Gasteiger partial charge in [-0.05, 0) is 38.0 Å². The van der Waals surface area contributed by atoms with Gasteiger partial charge in [0, 0.05) is 17.6 Å². The van der Waals surface area contributed by atoms with Crippen LogP contribution in [0.3, 0.4) is 0 Å². The van der Waals surface area contributed by atoms with E-state index >= 15 is 0 Å². The van der Waals surface area contributed by atoms with E-state index in [4.69, 9.17) is 9.47 Å². The standard InChI is InChI=1S/C22H22O5/c1-4-27-21(25)18-16(13-14-8-10-15(26-3)11-9-14)19(23)17-7-5-6-12-22(17,2)20(18)24/h5-11H,4,12-13H2,1-3H3. The number of Topliss-reactive ketones (excluding diaryl/α,β-unsaturated/α-hetero) is 2. The lowest BCUT2D eigenvalue weighted by Crippen LogP contribution is -2.43. The summed E-state index contributed by atoms with van der Waals surface area (Å²) in [5.74, 6) is -0.647. The Hall–Kier alpha value is -2.95. The molecule has 5 nitrogen and oxygen atoms in total. The number of methoxy groups -OCH3 is 1. The highest BCUT2D eigenvalue weighted by atomic mass is 16.5. The molecule has 0 saturated heterocycles. The molecule has 3 rings (SSSR count). The van der Waals surface area contributed by atoms with Crippen molar-refractivity contribution in [1.29, 1.82) is 0 Å². The number of carbonyl (C=O) groups is 3. The van der Waals surface area contributed by atoms with E-state index in [-0.39, 0.29) is 35.7 Å². The van der Waals surface area contributed by atoms with Gasteiger partial charge in [-0.15, -0.1) is 0 Å². The lowest BCUT2D eigenvalue weighted by molar-refractivity contribution is -0.142. The van der Waals surface area contributed by atoms with Crippen molar-refractivity contribution in [2.45, 2.75) is 26.7 Å². The zero-order chi connectivity index (χ0) is 19.6. The van der Waals surface area contributed by atoms with Gasteiger partial charge < -0.3 is 9.47 Å². The van der Waals surface area contributed by atoms with Crippen LogP contribution in [-0.2, 0) is 25.5 Å². The van der Waals surface area contributed by atoms with Gasteiger partial charge in [0.05, 0.1) is 19.1 Å². The van der Waals surface area contributed by atoms with Crippen LogP contribution in [0.25, 0.3) is 0 Å². The van der Waals surface area contributed by atoms with Gasteiger partial charge in [-0.3, -0.25) is 9.59 Å². The first-order valence-corrected chi connectivity index (χ1v) is 8.92. The van der Waals surface area contributed by atoms with E-state index < -0.39 is 11.4 Å². The highest BCUT2D eigenvalue weighted by Gasteiger charge is 2.49. The zero-order valence-electron chi connectivity index (χ0n) is 15.7. The van der Waals surface area contributed by atoms with Gasteiger partial charge in [-0.1, -0.05) is 30.4 Å². The highest BCUT2D eigenvalue weighted by Crippen LogP contribution is 2.44. The molecule has 2 aliphatic rings. The Balaban J connectivity index is 2.10. The maximum Gasteiger partial charge on any atom is 0.342 e. The van der Waals surface area contributed by atoms with Gasteiger partial charge in [0.1, 0.15) is 11.3 Å². The van der Waals surface area contributed by atoms with Crippen LogP contribution >= 0.6 is 0 Å². The maximum absolute atomic E-state index is 13.2. The van der Waals surface area contributed by atoms with Gasteiger partial charge in [0.25, 0.3) is 0 Å². The Kier molecular flexibility index (Phi) is 5.13. The first-order valence-electron chi connectivity index (χ1n) is 8.92. The number of rotatable bonds is 5. The zero-order valence-corrected chi connectivity index (χ0v) is 15.7. The predicted octanol–water partition coefficient (Wildman–Crippen LogP) is 3.14. The molecule has 0 bridgehead atoms. The molecular weight excluding hydrogens is 344 g/mol. The Morgan fingerprint density at radius 3 is 2.52 bits per heavy atom. The summed E-state index contributed by atoms with van der Waals surface area (Å²) in [4.78, 5) is 39.0. The number of esters is 1.